The molecule has 4 rings (SSSR count). The predicted octanol–water partition coefficient (Wildman–Crippen LogP) is 5.12. The van der Waals surface area contributed by atoms with Crippen LogP contribution in [0.1, 0.15) is 75.8 Å². The summed E-state index contributed by atoms with van der Waals surface area (Å²) < 4.78 is 18.6. The van der Waals surface area contributed by atoms with Crippen molar-refractivity contribution in [3.8, 4) is 0 Å². The molecule has 1 aromatic carbocycles. The van der Waals surface area contributed by atoms with E-state index in [0.29, 0.717) is 21.6 Å². The Morgan fingerprint density at radius 2 is 1.84 bits per heavy atom. The van der Waals surface area contributed by atoms with Crippen molar-refractivity contribution < 1.29 is 18.5 Å². The van der Waals surface area contributed by atoms with Gasteiger partial charge in [-0.05, 0) is 49.6 Å². The number of amides is 2. The van der Waals surface area contributed by atoms with E-state index in [1.54, 1.807) is 13.0 Å². The van der Waals surface area contributed by atoms with Crippen molar-refractivity contribution in [2.45, 2.75) is 57.9 Å². The summed E-state index contributed by atoms with van der Waals surface area (Å²) in [6.45, 7) is 3.56. The maximum atomic E-state index is 13.4. The first kappa shape index (κ1) is 22.1. The molecular weight excluding hydrogens is 431 g/mol. The summed E-state index contributed by atoms with van der Waals surface area (Å²) in [6, 6.07) is 7.22. The SMILES string of the molecule is Cc1nc(C2(NC(=O)c3sc(NC(=O)c4cccc(F)c4)cc3C)CCCCCC2)no1. The van der Waals surface area contributed by atoms with Gasteiger partial charge in [0.25, 0.3) is 11.8 Å². The van der Waals surface area contributed by atoms with Gasteiger partial charge in [-0.2, -0.15) is 4.98 Å². The zero-order chi connectivity index (χ0) is 22.7. The molecule has 1 aliphatic carbocycles. The van der Waals surface area contributed by atoms with Crippen LogP contribution in [0.2, 0.25) is 0 Å². The van der Waals surface area contributed by atoms with Gasteiger partial charge in [0.15, 0.2) is 5.82 Å². The number of hydrogen-bond acceptors (Lipinski definition) is 6. The van der Waals surface area contributed by atoms with Crippen molar-refractivity contribution in [2.75, 3.05) is 5.32 Å². The van der Waals surface area contributed by atoms with Crippen molar-refractivity contribution >= 4 is 28.2 Å². The Hall–Kier alpha value is -3.07. The van der Waals surface area contributed by atoms with Crippen LogP contribution in [0, 0.1) is 19.7 Å². The molecule has 7 nitrogen and oxygen atoms in total. The van der Waals surface area contributed by atoms with Crippen molar-refractivity contribution in [3.63, 3.8) is 0 Å². The first-order valence-corrected chi connectivity index (χ1v) is 11.5. The van der Waals surface area contributed by atoms with Gasteiger partial charge in [-0.15, -0.1) is 11.3 Å². The predicted molar refractivity (Wildman–Crippen MR) is 119 cm³/mol. The normalized spacial score (nSPS) is 15.7. The van der Waals surface area contributed by atoms with Gasteiger partial charge in [-0.3, -0.25) is 9.59 Å². The van der Waals surface area contributed by atoms with Crippen LogP contribution in [0.25, 0.3) is 0 Å². The second-order valence-corrected chi connectivity index (χ2v) is 9.23. The highest BCUT2D eigenvalue weighted by Gasteiger charge is 2.39. The quantitative estimate of drug-likeness (QED) is 0.520. The molecule has 0 unspecified atom stereocenters. The fourth-order valence-corrected chi connectivity index (χ4v) is 5.05. The Morgan fingerprint density at radius 3 is 2.50 bits per heavy atom. The fraction of sp³-hybridized carbons (Fsp3) is 0.391. The lowest BCUT2D eigenvalue weighted by molar-refractivity contribution is 0.0880. The van der Waals surface area contributed by atoms with Crippen molar-refractivity contribution in [1.29, 1.82) is 0 Å². The summed E-state index contributed by atoms with van der Waals surface area (Å²) in [7, 11) is 0. The van der Waals surface area contributed by atoms with E-state index in [-0.39, 0.29) is 11.5 Å². The third-order valence-corrected chi connectivity index (χ3v) is 6.86. The molecule has 9 heteroatoms. The number of carbonyl (C=O) groups is 2. The molecule has 32 heavy (non-hydrogen) atoms. The summed E-state index contributed by atoms with van der Waals surface area (Å²) in [5, 5.41) is 10.6. The Bertz CT molecular complexity index is 1130. The number of hydrogen-bond donors (Lipinski definition) is 2. The molecule has 0 atom stereocenters. The lowest BCUT2D eigenvalue weighted by Crippen LogP contribution is -2.46. The van der Waals surface area contributed by atoms with Gasteiger partial charge in [0.2, 0.25) is 5.89 Å². The first-order valence-electron chi connectivity index (χ1n) is 10.7. The number of carbonyl (C=O) groups excluding carboxylic acids is 2. The van der Waals surface area contributed by atoms with Crippen molar-refractivity contribution in [2.24, 2.45) is 0 Å². The molecule has 168 valence electrons. The summed E-state index contributed by atoms with van der Waals surface area (Å²) in [5.74, 6) is -0.166. The van der Waals surface area contributed by atoms with Gasteiger partial charge in [-0.1, -0.05) is 36.9 Å². The number of anilines is 1. The van der Waals surface area contributed by atoms with Crippen LogP contribution in [0.5, 0.6) is 0 Å². The van der Waals surface area contributed by atoms with Gasteiger partial charge < -0.3 is 15.2 Å². The second-order valence-electron chi connectivity index (χ2n) is 8.17. The van der Waals surface area contributed by atoms with E-state index in [1.807, 2.05) is 6.92 Å². The van der Waals surface area contributed by atoms with E-state index in [2.05, 4.69) is 20.8 Å². The number of aromatic nitrogens is 2. The van der Waals surface area contributed by atoms with E-state index < -0.39 is 17.3 Å². The monoisotopic (exact) mass is 456 g/mol. The summed E-state index contributed by atoms with van der Waals surface area (Å²) >= 11 is 1.19. The number of halogens is 1. The summed E-state index contributed by atoms with van der Waals surface area (Å²) in [6.07, 6.45) is 5.61. The van der Waals surface area contributed by atoms with Crippen molar-refractivity contribution in [1.82, 2.24) is 15.5 Å². The van der Waals surface area contributed by atoms with Crippen LogP contribution in [0.4, 0.5) is 9.39 Å². The molecule has 0 bridgehead atoms. The molecular formula is C23H25FN4O3S. The number of benzene rings is 1. The van der Waals surface area contributed by atoms with E-state index in [0.717, 1.165) is 44.1 Å². The molecule has 0 spiro atoms. The standard InChI is InChI=1S/C23H25FN4O3S/c1-14-12-18(26-20(29)16-8-7-9-17(24)13-16)32-19(14)21(30)27-23(10-5-3-4-6-11-23)22-25-15(2)31-28-22/h7-9,12-13H,3-6,10-11H2,1-2H3,(H,26,29)(H,27,30). The van der Waals surface area contributed by atoms with Crippen LogP contribution < -0.4 is 10.6 Å². The van der Waals surface area contributed by atoms with Crippen LogP contribution in [-0.4, -0.2) is 22.0 Å². The third-order valence-electron chi connectivity index (χ3n) is 5.71. The lowest BCUT2D eigenvalue weighted by atomic mass is 9.89. The van der Waals surface area contributed by atoms with Crippen molar-refractivity contribution in [3.05, 3.63) is 63.9 Å². The summed E-state index contributed by atoms with van der Waals surface area (Å²) in [5.41, 5.74) is 0.286. The molecule has 2 aromatic heterocycles. The van der Waals surface area contributed by atoms with Gasteiger partial charge in [0.1, 0.15) is 11.4 Å². The molecule has 1 saturated carbocycles. The molecule has 0 aliphatic heterocycles. The van der Waals surface area contributed by atoms with E-state index >= 15 is 0 Å². The van der Waals surface area contributed by atoms with E-state index in [4.69, 9.17) is 4.52 Å². The molecule has 3 aromatic rings. The Morgan fingerprint density at radius 1 is 1.09 bits per heavy atom. The smallest absolute Gasteiger partial charge is 0.262 e. The number of rotatable bonds is 5. The maximum absolute atomic E-state index is 13.4. The van der Waals surface area contributed by atoms with Crippen LogP contribution in [0.15, 0.2) is 34.9 Å². The van der Waals surface area contributed by atoms with Gasteiger partial charge in [0, 0.05) is 12.5 Å². The zero-order valence-corrected chi connectivity index (χ0v) is 18.9. The maximum Gasteiger partial charge on any atom is 0.262 e. The zero-order valence-electron chi connectivity index (χ0n) is 18.0. The largest absolute Gasteiger partial charge is 0.340 e. The number of nitrogens with zero attached hydrogens (tertiary/aromatic N) is 2. The van der Waals surface area contributed by atoms with Gasteiger partial charge >= 0.3 is 0 Å². The van der Waals surface area contributed by atoms with E-state index in [1.165, 1.54) is 35.6 Å². The Kier molecular flexibility index (Phi) is 6.36. The molecule has 1 fully saturated rings. The average molecular weight is 457 g/mol. The molecule has 2 N–H and O–H groups in total. The van der Waals surface area contributed by atoms with Crippen LogP contribution in [0.3, 0.4) is 0 Å². The van der Waals surface area contributed by atoms with Gasteiger partial charge in [-0.25, -0.2) is 4.39 Å². The molecule has 0 radical (unpaired) electrons. The molecule has 2 amide bonds. The Balaban J connectivity index is 1.55. The molecule has 0 saturated heterocycles. The first-order chi connectivity index (χ1) is 15.4. The Labute approximate surface area is 189 Å². The summed E-state index contributed by atoms with van der Waals surface area (Å²) in [4.78, 5) is 30.7. The minimum atomic E-state index is -0.674. The number of nitrogens with one attached hydrogen (secondary N) is 2. The second kappa shape index (κ2) is 9.20. The van der Waals surface area contributed by atoms with Crippen LogP contribution >= 0.6 is 11.3 Å². The minimum Gasteiger partial charge on any atom is -0.340 e. The highest BCUT2D eigenvalue weighted by atomic mass is 32.1. The average Bonchev–Trinajstić information content (AvgIpc) is 3.27. The van der Waals surface area contributed by atoms with E-state index in [9.17, 15) is 14.0 Å². The fourth-order valence-electron chi connectivity index (χ4n) is 4.09. The van der Waals surface area contributed by atoms with Gasteiger partial charge in [0.05, 0.1) is 9.88 Å². The topological polar surface area (TPSA) is 97.1 Å². The number of aryl methyl sites for hydroxylation is 2. The highest BCUT2D eigenvalue weighted by molar-refractivity contribution is 7.18. The molecule has 1 aliphatic rings. The molecule has 2 heterocycles. The lowest BCUT2D eigenvalue weighted by Gasteiger charge is -2.30. The minimum absolute atomic E-state index is 0.215. The van der Waals surface area contributed by atoms with Crippen LogP contribution in [-0.2, 0) is 5.54 Å². The number of thiophene rings is 1. The highest BCUT2D eigenvalue weighted by Crippen LogP contribution is 2.36. The third kappa shape index (κ3) is 4.72.